The molecular formula is C27H32N8O4. The van der Waals surface area contributed by atoms with Crippen LogP contribution in [0.1, 0.15) is 5.69 Å². The van der Waals surface area contributed by atoms with Crippen LogP contribution < -0.4 is 20.8 Å². The van der Waals surface area contributed by atoms with Crippen LogP contribution in [0.15, 0.2) is 41.6 Å². The number of morpholine rings is 1. The number of benzene rings is 1. The van der Waals surface area contributed by atoms with Gasteiger partial charge in [0.05, 0.1) is 52.1 Å². The number of ether oxygens (including phenoxy) is 3. The largest absolute Gasteiger partial charge is 0.497 e. The van der Waals surface area contributed by atoms with E-state index in [9.17, 15) is 4.79 Å². The molecule has 12 heteroatoms. The number of aromatic nitrogens is 6. The average Bonchev–Trinajstić information content (AvgIpc) is 3.33. The second-order valence-electron chi connectivity index (χ2n) is 9.30. The maximum atomic E-state index is 13.1. The highest BCUT2D eigenvalue weighted by Gasteiger charge is 2.19. The van der Waals surface area contributed by atoms with E-state index in [2.05, 4.69) is 20.0 Å². The van der Waals surface area contributed by atoms with Crippen LogP contribution in [0.5, 0.6) is 11.5 Å². The van der Waals surface area contributed by atoms with E-state index in [4.69, 9.17) is 24.9 Å². The number of nitrogens with zero attached hydrogens (tertiary/aromatic N) is 7. The van der Waals surface area contributed by atoms with Crippen LogP contribution in [0.4, 0.5) is 5.82 Å². The van der Waals surface area contributed by atoms with Crippen molar-refractivity contribution in [2.24, 2.45) is 7.05 Å². The van der Waals surface area contributed by atoms with Crippen LogP contribution in [0, 0.1) is 6.92 Å². The molecule has 1 saturated heterocycles. The first kappa shape index (κ1) is 26.3. The molecule has 204 valence electrons. The first-order chi connectivity index (χ1) is 18.9. The number of rotatable bonds is 8. The summed E-state index contributed by atoms with van der Waals surface area (Å²) >= 11 is 0. The molecule has 0 atom stereocenters. The van der Waals surface area contributed by atoms with E-state index in [-0.39, 0.29) is 17.1 Å². The normalized spacial score (nSPS) is 13.9. The van der Waals surface area contributed by atoms with Crippen molar-refractivity contribution in [2.45, 2.75) is 13.5 Å². The lowest BCUT2D eigenvalue weighted by Crippen LogP contribution is -2.38. The molecule has 2 N–H and O–H groups in total. The Morgan fingerprint density at radius 3 is 2.36 bits per heavy atom. The average molecular weight is 533 g/mol. The van der Waals surface area contributed by atoms with Gasteiger partial charge in [0.2, 0.25) is 0 Å². The van der Waals surface area contributed by atoms with E-state index in [1.165, 1.54) is 4.57 Å². The lowest BCUT2D eigenvalue weighted by Gasteiger charge is -2.26. The Kier molecular flexibility index (Phi) is 7.57. The second-order valence-corrected chi connectivity index (χ2v) is 9.30. The summed E-state index contributed by atoms with van der Waals surface area (Å²) in [6.45, 7) is 7.05. The monoisotopic (exact) mass is 532 g/mol. The van der Waals surface area contributed by atoms with Gasteiger partial charge in [-0.15, -0.1) is 0 Å². The van der Waals surface area contributed by atoms with Gasteiger partial charge < -0.3 is 24.5 Å². The molecule has 0 unspecified atom stereocenters. The Hall–Kier alpha value is -4.29. The van der Waals surface area contributed by atoms with Crippen LogP contribution in [-0.2, 0) is 18.3 Å². The molecule has 1 aliphatic heterocycles. The predicted octanol–water partition coefficient (Wildman–Crippen LogP) is 2.01. The van der Waals surface area contributed by atoms with Gasteiger partial charge >= 0.3 is 0 Å². The highest BCUT2D eigenvalue weighted by Crippen LogP contribution is 2.30. The molecule has 39 heavy (non-hydrogen) atoms. The molecular weight excluding hydrogens is 500 g/mol. The van der Waals surface area contributed by atoms with Crippen molar-refractivity contribution in [1.82, 2.24) is 34.2 Å². The minimum Gasteiger partial charge on any atom is -0.497 e. The zero-order chi connectivity index (χ0) is 27.5. The molecule has 4 aromatic rings. The molecule has 0 bridgehead atoms. The third-order valence-electron chi connectivity index (χ3n) is 6.85. The fraction of sp³-hybridized carbons (Fsp3) is 0.370. The van der Waals surface area contributed by atoms with Crippen molar-refractivity contribution < 1.29 is 14.2 Å². The zero-order valence-electron chi connectivity index (χ0n) is 22.5. The first-order valence-corrected chi connectivity index (χ1v) is 12.6. The molecule has 1 aromatic carbocycles. The Balaban J connectivity index is 1.50. The number of nitrogens with two attached hydrogens (primary N) is 1. The van der Waals surface area contributed by atoms with Crippen LogP contribution >= 0.6 is 0 Å². The summed E-state index contributed by atoms with van der Waals surface area (Å²) < 4.78 is 19.6. The standard InChI is InChI=1S/C27H32N8O4/c1-17-21(14-30-35(17)6-5-34-7-9-39-10-8-34)22-15-29-26(28)25(31-22)23-16-33(2)27(36)24(32-23)18-11-19(37-3)13-20(12-18)38-4/h11-16H,5-10H2,1-4H3,(H2,28,29). The van der Waals surface area contributed by atoms with Gasteiger partial charge in [-0.1, -0.05) is 0 Å². The molecule has 1 aliphatic rings. The summed E-state index contributed by atoms with van der Waals surface area (Å²) in [6.07, 6.45) is 5.03. The topological polar surface area (TPSA) is 135 Å². The summed E-state index contributed by atoms with van der Waals surface area (Å²) in [4.78, 5) is 29.3. The van der Waals surface area contributed by atoms with Crippen molar-refractivity contribution in [3.05, 3.63) is 52.8 Å². The molecule has 0 amide bonds. The summed E-state index contributed by atoms with van der Waals surface area (Å²) in [7, 11) is 4.76. The summed E-state index contributed by atoms with van der Waals surface area (Å²) in [5.74, 6) is 1.29. The van der Waals surface area contributed by atoms with Gasteiger partial charge in [-0.05, 0) is 19.1 Å². The van der Waals surface area contributed by atoms with Crippen LogP contribution in [0.3, 0.4) is 0 Å². The van der Waals surface area contributed by atoms with Crippen LogP contribution in [0.2, 0.25) is 0 Å². The number of hydrogen-bond acceptors (Lipinski definition) is 10. The fourth-order valence-electron chi connectivity index (χ4n) is 4.55. The third kappa shape index (κ3) is 5.47. The SMILES string of the molecule is COc1cc(OC)cc(-c2nc(-c3nc(-c4cnn(CCN5CCOCC5)c4C)cnc3N)cn(C)c2=O)c1. The highest BCUT2D eigenvalue weighted by atomic mass is 16.5. The fourth-order valence-corrected chi connectivity index (χ4v) is 4.55. The van der Waals surface area contributed by atoms with Gasteiger partial charge in [-0.25, -0.2) is 15.0 Å². The Labute approximate surface area is 226 Å². The molecule has 4 heterocycles. The van der Waals surface area contributed by atoms with E-state index in [0.717, 1.165) is 50.7 Å². The maximum absolute atomic E-state index is 13.1. The van der Waals surface area contributed by atoms with E-state index >= 15 is 0 Å². The van der Waals surface area contributed by atoms with Gasteiger partial charge in [0, 0.05) is 55.8 Å². The zero-order valence-corrected chi connectivity index (χ0v) is 22.5. The van der Waals surface area contributed by atoms with Gasteiger partial charge in [-0.2, -0.15) is 5.10 Å². The highest BCUT2D eigenvalue weighted by molar-refractivity contribution is 5.73. The smallest absolute Gasteiger partial charge is 0.276 e. The lowest BCUT2D eigenvalue weighted by molar-refractivity contribution is 0.0359. The van der Waals surface area contributed by atoms with Gasteiger partial charge in [0.25, 0.3) is 5.56 Å². The molecule has 1 fully saturated rings. The number of methoxy groups -OCH3 is 2. The van der Waals surface area contributed by atoms with Crippen molar-refractivity contribution in [3.8, 4) is 45.4 Å². The summed E-state index contributed by atoms with van der Waals surface area (Å²) in [5, 5.41) is 4.59. The number of aryl methyl sites for hydroxylation is 1. The minimum absolute atomic E-state index is 0.205. The molecule has 5 rings (SSSR count). The molecule has 3 aromatic heterocycles. The van der Waals surface area contributed by atoms with Crippen molar-refractivity contribution in [3.63, 3.8) is 0 Å². The van der Waals surface area contributed by atoms with Crippen molar-refractivity contribution >= 4 is 5.82 Å². The Morgan fingerprint density at radius 2 is 1.67 bits per heavy atom. The molecule has 0 spiro atoms. The molecule has 0 aliphatic carbocycles. The Bertz CT molecular complexity index is 1520. The van der Waals surface area contributed by atoms with Crippen LogP contribution in [0.25, 0.3) is 33.9 Å². The van der Waals surface area contributed by atoms with Crippen LogP contribution in [-0.4, -0.2) is 81.3 Å². The van der Waals surface area contributed by atoms with Gasteiger partial charge in [-0.3, -0.25) is 14.4 Å². The molecule has 12 nitrogen and oxygen atoms in total. The Morgan fingerprint density at radius 1 is 0.974 bits per heavy atom. The predicted molar refractivity (Wildman–Crippen MR) is 147 cm³/mol. The van der Waals surface area contributed by atoms with E-state index in [1.54, 1.807) is 58.1 Å². The second kappa shape index (κ2) is 11.2. The number of nitrogen functional groups attached to an aromatic ring is 1. The minimum atomic E-state index is -0.283. The van der Waals surface area contributed by atoms with E-state index < -0.39 is 0 Å². The maximum Gasteiger partial charge on any atom is 0.276 e. The number of anilines is 1. The van der Waals surface area contributed by atoms with E-state index in [0.29, 0.717) is 34.1 Å². The van der Waals surface area contributed by atoms with Crippen molar-refractivity contribution in [2.75, 3.05) is 52.8 Å². The summed E-state index contributed by atoms with van der Waals surface area (Å²) in [5.41, 5.74) is 9.99. The van der Waals surface area contributed by atoms with Gasteiger partial charge in [0.15, 0.2) is 5.82 Å². The first-order valence-electron chi connectivity index (χ1n) is 12.6. The number of hydrogen-bond donors (Lipinski definition) is 1. The lowest BCUT2D eigenvalue weighted by atomic mass is 10.1. The van der Waals surface area contributed by atoms with E-state index in [1.807, 2.05) is 11.6 Å². The summed E-state index contributed by atoms with van der Waals surface area (Å²) in [6, 6.07) is 5.19. The third-order valence-corrected chi connectivity index (χ3v) is 6.85. The van der Waals surface area contributed by atoms with Crippen molar-refractivity contribution in [1.29, 1.82) is 0 Å². The van der Waals surface area contributed by atoms with Gasteiger partial charge in [0.1, 0.15) is 28.6 Å². The molecule has 0 saturated carbocycles. The quantitative estimate of drug-likeness (QED) is 0.359. The molecule has 0 radical (unpaired) electrons.